The summed E-state index contributed by atoms with van der Waals surface area (Å²) >= 11 is 1.31. The van der Waals surface area contributed by atoms with Crippen LogP contribution in [0.4, 0.5) is 0 Å². The molecule has 0 amide bonds. The molecule has 0 unspecified atom stereocenters. The second kappa shape index (κ2) is 9.38. The molecule has 5 heteroatoms. The average molecular weight is 357 g/mol. The molecule has 1 aromatic carbocycles. The smallest absolute Gasteiger partial charge is 0.349 e. The van der Waals surface area contributed by atoms with Crippen LogP contribution in [-0.4, -0.2) is 42.2 Å². The van der Waals surface area contributed by atoms with Gasteiger partial charge in [0.15, 0.2) is 6.61 Å². The molecule has 25 heavy (non-hydrogen) atoms. The minimum absolute atomic E-state index is 0.0411. The van der Waals surface area contributed by atoms with Crippen molar-refractivity contribution in [2.45, 2.75) is 19.4 Å². The Morgan fingerprint density at radius 1 is 1.16 bits per heavy atom. The molecule has 0 bridgehead atoms. The third-order valence-corrected chi connectivity index (χ3v) is 4.94. The lowest BCUT2D eigenvalue weighted by Crippen LogP contribution is -2.38. The molecule has 0 fully saturated rings. The molecule has 2 aromatic rings. The number of thiophene rings is 1. The van der Waals surface area contributed by atoms with Crippen molar-refractivity contribution < 1.29 is 14.6 Å². The minimum atomic E-state index is -1.81. The third-order valence-electron chi connectivity index (χ3n) is 3.96. The van der Waals surface area contributed by atoms with E-state index < -0.39 is 11.6 Å². The Morgan fingerprint density at radius 2 is 1.88 bits per heavy atom. The van der Waals surface area contributed by atoms with Crippen molar-refractivity contribution in [2.75, 3.05) is 26.2 Å². The molecule has 1 atom stereocenters. The fraction of sp³-hybridized carbons (Fsp3) is 0.350. The van der Waals surface area contributed by atoms with E-state index in [9.17, 15) is 9.90 Å². The number of rotatable bonds is 7. The Morgan fingerprint density at radius 3 is 2.48 bits per heavy atom. The molecule has 0 aliphatic carbocycles. The Hall–Kier alpha value is -2.13. The van der Waals surface area contributed by atoms with Crippen LogP contribution in [-0.2, 0) is 15.1 Å². The lowest BCUT2D eigenvalue weighted by Gasteiger charge is -2.24. The third kappa shape index (κ3) is 4.70. The van der Waals surface area contributed by atoms with Gasteiger partial charge in [0.25, 0.3) is 0 Å². The van der Waals surface area contributed by atoms with Gasteiger partial charge in [0.2, 0.25) is 5.60 Å². The molecule has 2 rings (SSSR count). The molecule has 4 nitrogen and oxygen atoms in total. The zero-order valence-corrected chi connectivity index (χ0v) is 15.4. The molecule has 0 saturated heterocycles. The standard InChI is InChI=1S/C20H23NO3S/c1-3-21(4-2)14-8-9-15-24-19(22)20(23,18-13-10-16-25-18)17-11-6-5-7-12-17/h5-7,10-13,16,23H,3-4,14-15H2,1-2H3/t20-/m1/s1. The van der Waals surface area contributed by atoms with Gasteiger partial charge in [-0.2, -0.15) is 0 Å². The fourth-order valence-electron chi connectivity index (χ4n) is 2.40. The van der Waals surface area contributed by atoms with Gasteiger partial charge in [-0.3, -0.25) is 4.90 Å². The predicted octanol–water partition coefficient (Wildman–Crippen LogP) is 2.87. The summed E-state index contributed by atoms with van der Waals surface area (Å²) in [5.41, 5.74) is -1.32. The molecule has 0 aliphatic rings. The van der Waals surface area contributed by atoms with Gasteiger partial charge in [-0.05, 0) is 24.5 Å². The Kier molecular flexibility index (Phi) is 7.20. The summed E-state index contributed by atoms with van der Waals surface area (Å²) in [4.78, 5) is 15.3. The highest BCUT2D eigenvalue weighted by Gasteiger charge is 2.42. The number of carbonyl (C=O) groups is 1. The first-order valence-corrected chi connectivity index (χ1v) is 9.18. The second-order valence-electron chi connectivity index (χ2n) is 5.44. The van der Waals surface area contributed by atoms with Crippen molar-refractivity contribution >= 4 is 17.3 Å². The van der Waals surface area contributed by atoms with E-state index in [0.29, 0.717) is 17.0 Å². The van der Waals surface area contributed by atoms with Crippen LogP contribution in [0.25, 0.3) is 0 Å². The largest absolute Gasteiger partial charge is 0.450 e. The van der Waals surface area contributed by atoms with E-state index in [2.05, 4.69) is 30.6 Å². The maximum Gasteiger partial charge on any atom is 0.349 e. The zero-order chi connectivity index (χ0) is 18.1. The average Bonchev–Trinajstić information content (AvgIpc) is 3.19. The van der Waals surface area contributed by atoms with E-state index >= 15 is 0 Å². The number of ether oxygens (including phenoxy) is 1. The monoisotopic (exact) mass is 357 g/mol. The normalized spacial score (nSPS) is 13.0. The molecule has 0 radical (unpaired) electrons. The number of hydrogen-bond donors (Lipinski definition) is 1. The summed E-state index contributed by atoms with van der Waals surface area (Å²) in [5.74, 6) is 5.12. The second-order valence-corrected chi connectivity index (χ2v) is 6.39. The van der Waals surface area contributed by atoms with Crippen molar-refractivity contribution in [2.24, 2.45) is 0 Å². The number of esters is 1. The molecule has 1 aromatic heterocycles. The van der Waals surface area contributed by atoms with Crippen LogP contribution in [0.1, 0.15) is 24.3 Å². The topological polar surface area (TPSA) is 49.8 Å². The number of nitrogens with zero attached hydrogens (tertiary/aromatic N) is 1. The Labute approximate surface area is 153 Å². The van der Waals surface area contributed by atoms with E-state index in [4.69, 9.17) is 4.74 Å². The van der Waals surface area contributed by atoms with Gasteiger partial charge in [0.05, 0.1) is 11.4 Å². The van der Waals surface area contributed by atoms with Crippen LogP contribution in [0.2, 0.25) is 0 Å². The predicted molar refractivity (Wildman–Crippen MR) is 100 cm³/mol. The van der Waals surface area contributed by atoms with Gasteiger partial charge >= 0.3 is 5.97 Å². The molecular weight excluding hydrogens is 334 g/mol. The van der Waals surface area contributed by atoms with Crippen LogP contribution in [0.15, 0.2) is 47.8 Å². The SMILES string of the molecule is CCN(CC)CC#CCOC(=O)[C@@](O)(c1ccccc1)c1cccs1. The number of carbonyl (C=O) groups excluding carboxylic acids is 1. The Bertz CT molecular complexity index is 714. The first-order valence-electron chi connectivity index (χ1n) is 8.30. The van der Waals surface area contributed by atoms with Crippen LogP contribution in [0.3, 0.4) is 0 Å². The van der Waals surface area contributed by atoms with Gasteiger partial charge in [0.1, 0.15) is 0 Å². The lowest BCUT2D eigenvalue weighted by atomic mass is 9.92. The fourth-order valence-corrected chi connectivity index (χ4v) is 3.23. The van der Waals surface area contributed by atoms with E-state index in [0.717, 1.165) is 13.1 Å². The van der Waals surface area contributed by atoms with Crippen molar-refractivity contribution in [1.82, 2.24) is 4.90 Å². The van der Waals surface area contributed by atoms with Gasteiger partial charge in [-0.25, -0.2) is 4.79 Å². The van der Waals surface area contributed by atoms with E-state index in [1.165, 1.54) is 11.3 Å². The molecule has 1 N–H and O–H groups in total. The van der Waals surface area contributed by atoms with Gasteiger partial charge in [0, 0.05) is 5.56 Å². The minimum Gasteiger partial charge on any atom is -0.450 e. The summed E-state index contributed by atoms with van der Waals surface area (Å²) in [7, 11) is 0. The highest BCUT2D eigenvalue weighted by Crippen LogP contribution is 2.33. The van der Waals surface area contributed by atoms with Crippen molar-refractivity contribution in [3.63, 3.8) is 0 Å². The summed E-state index contributed by atoms with van der Waals surface area (Å²) in [6, 6.07) is 12.4. The van der Waals surface area contributed by atoms with E-state index in [1.54, 1.807) is 36.4 Å². The Balaban J connectivity index is 2.09. The lowest BCUT2D eigenvalue weighted by molar-refractivity contribution is -0.160. The molecule has 0 spiro atoms. The highest BCUT2D eigenvalue weighted by molar-refractivity contribution is 7.10. The van der Waals surface area contributed by atoms with E-state index in [1.807, 2.05) is 11.4 Å². The summed E-state index contributed by atoms with van der Waals surface area (Å²) in [5, 5.41) is 12.9. The molecule has 1 heterocycles. The number of aliphatic hydroxyl groups is 1. The zero-order valence-electron chi connectivity index (χ0n) is 14.6. The van der Waals surface area contributed by atoms with Crippen molar-refractivity contribution in [3.8, 4) is 11.8 Å². The highest BCUT2D eigenvalue weighted by atomic mass is 32.1. The first-order chi connectivity index (χ1) is 12.1. The molecule has 132 valence electrons. The summed E-state index contributed by atoms with van der Waals surface area (Å²) in [6.45, 7) is 6.60. The molecule has 0 saturated carbocycles. The van der Waals surface area contributed by atoms with Crippen LogP contribution in [0, 0.1) is 11.8 Å². The van der Waals surface area contributed by atoms with Crippen molar-refractivity contribution in [3.05, 3.63) is 58.3 Å². The van der Waals surface area contributed by atoms with Gasteiger partial charge < -0.3 is 9.84 Å². The quantitative estimate of drug-likeness (QED) is 0.611. The van der Waals surface area contributed by atoms with Crippen LogP contribution >= 0.6 is 11.3 Å². The van der Waals surface area contributed by atoms with Gasteiger partial charge in [-0.1, -0.05) is 62.1 Å². The molecule has 0 aliphatic heterocycles. The summed E-state index contributed by atoms with van der Waals surface area (Å²) in [6.07, 6.45) is 0. The van der Waals surface area contributed by atoms with Gasteiger partial charge in [-0.15, -0.1) is 11.3 Å². The van der Waals surface area contributed by atoms with E-state index in [-0.39, 0.29) is 6.61 Å². The van der Waals surface area contributed by atoms with Crippen LogP contribution < -0.4 is 0 Å². The number of benzene rings is 1. The first kappa shape index (κ1) is 19.2. The molecular formula is C20H23NO3S. The number of hydrogen-bond acceptors (Lipinski definition) is 5. The maximum absolute atomic E-state index is 12.6. The van der Waals surface area contributed by atoms with Crippen LogP contribution in [0.5, 0.6) is 0 Å². The maximum atomic E-state index is 12.6. The summed E-state index contributed by atoms with van der Waals surface area (Å²) < 4.78 is 5.26. The van der Waals surface area contributed by atoms with Crippen molar-refractivity contribution in [1.29, 1.82) is 0 Å².